The van der Waals surface area contributed by atoms with Gasteiger partial charge in [0.05, 0.1) is 17.2 Å². The first-order valence-corrected chi connectivity index (χ1v) is 7.21. The topological polar surface area (TPSA) is 83.8 Å². The first-order chi connectivity index (χ1) is 10.0. The molecule has 5 heteroatoms. The number of ether oxygens (including phenoxy) is 1. The van der Waals surface area contributed by atoms with Crippen molar-refractivity contribution in [1.29, 1.82) is 0 Å². The molecule has 0 aliphatic carbocycles. The maximum absolute atomic E-state index is 12.0. The van der Waals surface area contributed by atoms with Crippen LogP contribution in [0.3, 0.4) is 0 Å². The lowest BCUT2D eigenvalue weighted by Crippen LogP contribution is -2.20. The molecule has 2 N–H and O–H groups in total. The lowest BCUT2D eigenvalue weighted by atomic mass is 9.98. The van der Waals surface area contributed by atoms with Gasteiger partial charge in [0.2, 0.25) is 0 Å². The Morgan fingerprint density at radius 2 is 1.95 bits per heavy atom. The summed E-state index contributed by atoms with van der Waals surface area (Å²) < 4.78 is 5.01. The maximum atomic E-state index is 12.0. The molecule has 0 fully saturated rings. The summed E-state index contributed by atoms with van der Waals surface area (Å²) in [7, 11) is 0. The molecule has 1 aromatic rings. The number of esters is 1. The normalized spacial score (nSPS) is 12.0. The zero-order valence-electron chi connectivity index (χ0n) is 12.5. The Morgan fingerprint density at radius 1 is 1.24 bits per heavy atom. The van der Waals surface area contributed by atoms with Crippen molar-refractivity contribution < 1.29 is 24.5 Å². The molecular formula is C16H22O5. The first kappa shape index (κ1) is 17.2. The van der Waals surface area contributed by atoms with Crippen LogP contribution in [-0.2, 0) is 11.2 Å². The van der Waals surface area contributed by atoms with Crippen LogP contribution in [0.4, 0.5) is 0 Å². The molecule has 0 spiro atoms. The highest BCUT2D eigenvalue weighted by Crippen LogP contribution is 2.18. The predicted molar refractivity (Wildman–Crippen MR) is 78.6 cm³/mol. The Kier molecular flexibility index (Phi) is 6.88. The monoisotopic (exact) mass is 294 g/mol. The van der Waals surface area contributed by atoms with Crippen LogP contribution < -0.4 is 0 Å². The van der Waals surface area contributed by atoms with Crippen molar-refractivity contribution in [2.24, 2.45) is 0 Å². The Bertz CT molecular complexity index is 495. The molecule has 0 aromatic heterocycles. The SMILES string of the molecule is CCCc1cccc(C(=O)OCC(O)CCC)c1C(=O)O. The molecule has 0 saturated heterocycles. The molecule has 21 heavy (non-hydrogen) atoms. The number of carboxylic acid groups (broad SMARTS) is 1. The summed E-state index contributed by atoms with van der Waals surface area (Å²) in [6, 6.07) is 4.79. The van der Waals surface area contributed by atoms with Gasteiger partial charge in [-0.15, -0.1) is 0 Å². The van der Waals surface area contributed by atoms with Crippen LogP contribution in [0.25, 0.3) is 0 Å². The van der Waals surface area contributed by atoms with E-state index >= 15 is 0 Å². The molecule has 1 aromatic carbocycles. The second-order valence-electron chi connectivity index (χ2n) is 4.94. The molecule has 5 nitrogen and oxygen atoms in total. The van der Waals surface area contributed by atoms with Crippen LogP contribution in [-0.4, -0.2) is 34.9 Å². The number of hydrogen-bond donors (Lipinski definition) is 2. The molecule has 116 valence electrons. The summed E-state index contributed by atoms with van der Waals surface area (Å²) in [5, 5.41) is 18.9. The van der Waals surface area contributed by atoms with Crippen molar-refractivity contribution in [3.63, 3.8) is 0 Å². The lowest BCUT2D eigenvalue weighted by Gasteiger charge is -2.13. The fraction of sp³-hybridized carbons (Fsp3) is 0.500. The molecule has 1 rings (SSSR count). The van der Waals surface area contributed by atoms with Gasteiger partial charge in [0, 0.05) is 0 Å². The quantitative estimate of drug-likeness (QED) is 0.720. The molecular weight excluding hydrogens is 272 g/mol. The van der Waals surface area contributed by atoms with E-state index in [2.05, 4.69) is 0 Å². The number of rotatable bonds is 8. The summed E-state index contributed by atoms with van der Waals surface area (Å²) in [6.45, 7) is 3.74. The zero-order chi connectivity index (χ0) is 15.8. The summed E-state index contributed by atoms with van der Waals surface area (Å²) in [6.07, 6.45) is 1.97. The van der Waals surface area contributed by atoms with E-state index in [0.29, 0.717) is 18.4 Å². The molecule has 1 unspecified atom stereocenters. The van der Waals surface area contributed by atoms with E-state index in [1.165, 1.54) is 6.07 Å². The molecule has 0 aliphatic rings. The highest BCUT2D eigenvalue weighted by molar-refractivity contribution is 6.03. The first-order valence-electron chi connectivity index (χ1n) is 7.21. The Morgan fingerprint density at radius 3 is 2.52 bits per heavy atom. The number of carboxylic acids is 1. The summed E-state index contributed by atoms with van der Waals surface area (Å²) in [4.78, 5) is 23.4. The molecule has 0 bridgehead atoms. The van der Waals surface area contributed by atoms with Gasteiger partial charge in [-0.2, -0.15) is 0 Å². The zero-order valence-corrected chi connectivity index (χ0v) is 12.5. The van der Waals surface area contributed by atoms with E-state index in [1.54, 1.807) is 12.1 Å². The summed E-state index contributed by atoms with van der Waals surface area (Å²) >= 11 is 0. The standard InChI is InChI=1S/C16H22O5/c1-3-6-11-8-5-9-13(14(11)15(18)19)16(20)21-10-12(17)7-4-2/h5,8-9,12,17H,3-4,6-7,10H2,1-2H3,(H,18,19). The summed E-state index contributed by atoms with van der Waals surface area (Å²) in [5.41, 5.74) is 0.653. The molecule has 0 radical (unpaired) electrons. The Hall–Kier alpha value is -1.88. The van der Waals surface area contributed by atoms with E-state index in [1.807, 2.05) is 13.8 Å². The van der Waals surface area contributed by atoms with Crippen molar-refractivity contribution >= 4 is 11.9 Å². The average Bonchev–Trinajstić information content (AvgIpc) is 2.45. The van der Waals surface area contributed by atoms with Crippen LogP contribution >= 0.6 is 0 Å². The van der Waals surface area contributed by atoms with Gasteiger partial charge in [0.1, 0.15) is 6.61 Å². The van der Waals surface area contributed by atoms with Gasteiger partial charge in [-0.05, 0) is 24.5 Å². The second kappa shape index (κ2) is 8.42. The van der Waals surface area contributed by atoms with Crippen molar-refractivity contribution in [2.45, 2.75) is 45.6 Å². The molecule has 1 atom stereocenters. The van der Waals surface area contributed by atoms with Gasteiger partial charge < -0.3 is 14.9 Å². The highest BCUT2D eigenvalue weighted by Gasteiger charge is 2.21. The lowest BCUT2D eigenvalue weighted by molar-refractivity contribution is 0.0233. The Balaban J connectivity index is 2.93. The van der Waals surface area contributed by atoms with Crippen LogP contribution in [0.5, 0.6) is 0 Å². The van der Waals surface area contributed by atoms with Gasteiger partial charge in [-0.3, -0.25) is 0 Å². The number of carbonyl (C=O) groups is 2. The molecule has 0 heterocycles. The van der Waals surface area contributed by atoms with E-state index in [-0.39, 0.29) is 17.7 Å². The minimum Gasteiger partial charge on any atom is -0.478 e. The van der Waals surface area contributed by atoms with Crippen LogP contribution in [0.15, 0.2) is 18.2 Å². The third-order valence-electron chi connectivity index (χ3n) is 3.13. The van der Waals surface area contributed by atoms with Crippen molar-refractivity contribution in [3.05, 3.63) is 34.9 Å². The largest absolute Gasteiger partial charge is 0.478 e. The van der Waals surface area contributed by atoms with Gasteiger partial charge in [0.25, 0.3) is 0 Å². The van der Waals surface area contributed by atoms with Crippen LogP contribution in [0.1, 0.15) is 59.4 Å². The number of aliphatic hydroxyl groups excluding tert-OH is 1. The second-order valence-corrected chi connectivity index (χ2v) is 4.94. The van der Waals surface area contributed by atoms with E-state index < -0.39 is 18.0 Å². The van der Waals surface area contributed by atoms with E-state index in [0.717, 1.165) is 12.8 Å². The van der Waals surface area contributed by atoms with Gasteiger partial charge in [-0.25, -0.2) is 9.59 Å². The van der Waals surface area contributed by atoms with E-state index in [9.17, 15) is 19.8 Å². The van der Waals surface area contributed by atoms with Crippen molar-refractivity contribution in [2.75, 3.05) is 6.61 Å². The van der Waals surface area contributed by atoms with Crippen LogP contribution in [0, 0.1) is 0 Å². The van der Waals surface area contributed by atoms with E-state index in [4.69, 9.17) is 4.74 Å². The van der Waals surface area contributed by atoms with Crippen molar-refractivity contribution in [1.82, 2.24) is 0 Å². The molecule has 0 saturated carbocycles. The van der Waals surface area contributed by atoms with Gasteiger partial charge in [-0.1, -0.05) is 38.8 Å². The third kappa shape index (κ3) is 4.86. The minimum atomic E-state index is -1.14. The number of aryl methyl sites for hydroxylation is 1. The number of hydrogen-bond acceptors (Lipinski definition) is 4. The summed E-state index contributed by atoms with van der Waals surface area (Å²) in [5.74, 6) is -1.85. The number of benzene rings is 1. The maximum Gasteiger partial charge on any atom is 0.339 e. The Labute approximate surface area is 124 Å². The minimum absolute atomic E-state index is 0.00525. The van der Waals surface area contributed by atoms with Gasteiger partial charge in [0.15, 0.2) is 0 Å². The predicted octanol–water partition coefficient (Wildman–Crippen LogP) is 2.66. The number of aromatic carboxylic acids is 1. The van der Waals surface area contributed by atoms with Crippen LogP contribution in [0.2, 0.25) is 0 Å². The number of carbonyl (C=O) groups excluding carboxylic acids is 1. The van der Waals surface area contributed by atoms with Gasteiger partial charge >= 0.3 is 11.9 Å². The number of aliphatic hydroxyl groups is 1. The fourth-order valence-corrected chi connectivity index (χ4v) is 2.17. The molecule has 0 amide bonds. The third-order valence-corrected chi connectivity index (χ3v) is 3.13. The fourth-order valence-electron chi connectivity index (χ4n) is 2.17. The highest BCUT2D eigenvalue weighted by atomic mass is 16.5. The smallest absolute Gasteiger partial charge is 0.339 e. The average molecular weight is 294 g/mol. The molecule has 0 aliphatic heterocycles. The van der Waals surface area contributed by atoms with Crippen molar-refractivity contribution in [3.8, 4) is 0 Å².